The lowest BCUT2D eigenvalue weighted by Gasteiger charge is -2.33. The summed E-state index contributed by atoms with van der Waals surface area (Å²) in [5.74, 6) is -0.535. The van der Waals surface area contributed by atoms with Crippen molar-refractivity contribution in [1.29, 1.82) is 0 Å². The second-order valence-corrected chi connectivity index (χ2v) is 6.68. The van der Waals surface area contributed by atoms with E-state index in [-0.39, 0.29) is 17.8 Å². The molecule has 2 aromatic rings. The minimum absolute atomic E-state index is 0.163. The smallest absolute Gasteiger partial charge is 0.322 e. The van der Waals surface area contributed by atoms with E-state index in [0.29, 0.717) is 36.5 Å². The first-order valence-electron chi connectivity index (χ1n) is 8.95. The summed E-state index contributed by atoms with van der Waals surface area (Å²) in [6.07, 6.45) is 3.30. The highest BCUT2D eigenvalue weighted by molar-refractivity contribution is 6.01. The zero-order valence-electron chi connectivity index (χ0n) is 15.1. The molecule has 142 valence electrons. The summed E-state index contributed by atoms with van der Waals surface area (Å²) in [6, 6.07) is 10.4. The fraction of sp³-hybridized carbons (Fsp3) is 0.190. The first-order valence-corrected chi connectivity index (χ1v) is 8.95. The number of nitrogens with zero attached hydrogens (tertiary/aromatic N) is 3. The van der Waals surface area contributed by atoms with Gasteiger partial charge in [-0.3, -0.25) is 14.7 Å². The van der Waals surface area contributed by atoms with Gasteiger partial charge in [-0.2, -0.15) is 0 Å². The van der Waals surface area contributed by atoms with E-state index in [0.717, 1.165) is 5.69 Å². The van der Waals surface area contributed by atoms with E-state index in [9.17, 15) is 14.0 Å². The Bertz CT molecular complexity index is 956. The number of hydrogen-bond acceptors (Lipinski definition) is 3. The quantitative estimate of drug-likeness (QED) is 0.814. The molecule has 1 aromatic carbocycles. The molecule has 2 aliphatic rings. The van der Waals surface area contributed by atoms with E-state index >= 15 is 0 Å². The van der Waals surface area contributed by atoms with Crippen LogP contribution in [0, 0.1) is 5.82 Å². The number of nitrogens with one attached hydrogen (secondary N) is 1. The van der Waals surface area contributed by atoms with Gasteiger partial charge in [-0.15, -0.1) is 6.58 Å². The van der Waals surface area contributed by atoms with Crippen molar-refractivity contribution in [2.45, 2.75) is 12.6 Å². The number of rotatable bonds is 5. The third-order valence-corrected chi connectivity index (χ3v) is 4.89. The van der Waals surface area contributed by atoms with Crippen LogP contribution in [0.25, 0.3) is 0 Å². The van der Waals surface area contributed by atoms with Crippen LogP contribution < -0.4 is 5.32 Å². The molecule has 3 amide bonds. The number of carbonyl (C=O) groups excluding carboxylic acids is 2. The Balaban J connectivity index is 1.70. The van der Waals surface area contributed by atoms with Crippen molar-refractivity contribution < 1.29 is 14.0 Å². The third-order valence-electron chi connectivity index (χ3n) is 4.89. The topological polar surface area (TPSA) is 65.5 Å². The largest absolute Gasteiger partial charge is 0.327 e. The van der Waals surface area contributed by atoms with Gasteiger partial charge < -0.3 is 10.2 Å². The average Bonchev–Trinajstić information content (AvgIpc) is 3.02. The van der Waals surface area contributed by atoms with Crippen molar-refractivity contribution >= 4 is 11.9 Å². The predicted molar refractivity (Wildman–Crippen MR) is 101 cm³/mol. The van der Waals surface area contributed by atoms with Gasteiger partial charge in [0, 0.05) is 12.7 Å². The van der Waals surface area contributed by atoms with Gasteiger partial charge in [0.15, 0.2) is 0 Å². The summed E-state index contributed by atoms with van der Waals surface area (Å²) >= 11 is 0. The number of benzene rings is 1. The van der Waals surface area contributed by atoms with Crippen LogP contribution in [0.15, 0.2) is 72.6 Å². The zero-order chi connectivity index (χ0) is 19.7. The highest BCUT2D eigenvalue weighted by atomic mass is 19.1. The van der Waals surface area contributed by atoms with Crippen molar-refractivity contribution in [2.24, 2.45) is 0 Å². The first kappa shape index (κ1) is 17.9. The maximum atomic E-state index is 13.3. The molecule has 6 nitrogen and oxygen atoms in total. The Hall–Kier alpha value is -3.48. The fourth-order valence-electron chi connectivity index (χ4n) is 3.59. The molecule has 3 heterocycles. The van der Waals surface area contributed by atoms with E-state index < -0.39 is 6.04 Å². The lowest BCUT2D eigenvalue weighted by Crippen LogP contribution is -2.47. The van der Waals surface area contributed by atoms with Crippen LogP contribution in [0.4, 0.5) is 9.18 Å². The van der Waals surface area contributed by atoms with Gasteiger partial charge in [0.05, 0.1) is 36.1 Å². The lowest BCUT2D eigenvalue weighted by atomic mass is 9.95. The molecule has 0 saturated heterocycles. The summed E-state index contributed by atoms with van der Waals surface area (Å²) < 4.78 is 13.3. The molecule has 0 fully saturated rings. The summed E-state index contributed by atoms with van der Waals surface area (Å²) in [5, 5.41) is 2.87. The van der Waals surface area contributed by atoms with Crippen LogP contribution >= 0.6 is 0 Å². The highest BCUT2D eigenvalue weighted by Gasteiger charge is 2.43. The average molecular weight is 378 g/mol. The molecule has 4 rings (SSSR count). The second kappa shape index (κ2) is 7.26. The van der Waals surface area contributed by atoms with Crippen molar-refractivity contribution in [3.05, 3.63) is 89.7 Å². The van der Waals surface area contributed by atoms with Crippen LogP contribution in [0.3, 0.4) is 0 Å². The molecule has 0 radical (unpaired) electrons. The summed E-state index contributed by atoms with van der Waals surface area (Å²) in [6.45, 7) is 4.65. The maximum absolute atomic E-state index is 13.3. The Labute approximate surface area is 162 Å². The molecule has 28 heavy (non-hydrogen) atoms. The number of pyridine rings is 1. The van der Waals surface area contributed by atoms with Crippen LogP contribution in [0.2, 0.25) is 0 Å². The molecule has 0 saturated carbocycles. The van der Waals surface area contributed by atoms with E-state index in [2.05, 4.69) is 16.9 Å². The van der Waals surface area contributed by atoms with E-state index in [4.69, 9.17) is 0 Å². The monoisotopic (exact) mass is 378 g/mol. The number of hydrogen-bond donors (Lipinski definition) is 1. The Morgan fingerprint density at radius 3 is 2.68 bits per heavy atom. The molecular formula is C21H19FN4O2. The molecular weight excluding hydrogens is 359 g/mol. The van der Waals surface area contributed by atoms with Gasteiger partial charge in [0.2, 0.25) is 0 Å². The van der Waals surface area contributed by atoms with Gasteiger partial charge in [-0.05, 0) is 29.8 Å². The van der Waals surface area contributed by atoms with Crippen molar-refractivity contribution in [1.82, 2.24) is 20.1 Å². The number of urea groups is 1. The van der Waals surface area contributed by atoms with Crippen molar-refractivity contribution in [2.75, 3.05) is 13.1 Å². The van der Waals surface area contributed by atoms with Gasteiger partial charge >= 0.3 is 6.03 Å². The number of carbonyl (C=O) groups is 2. The summed E-state index contributed by atoms with van der Waals surface area (Å²) in [7, 11) is 0. The molecule has 1 aromatic heterocycles. The number of amides is 3. The highest BCUT2D eigenvalue weighted by Crippen LogP contribution is 2.36. The molecule has 1 N–H and O–H groups in total. The lowest BCUT2D eigenvalue weighted by molar-refractivity contribution is -0.126. The summed E-state index contributed by atoms with van der Waals surface area (Å²) in [5.41, 5.74) is 2.58. The molecule has 0 aliphatic carbocycles. The van der Waals surface area contributed by atoms with E-state index in [1.807, 2.05) is 18.2 Å². The molecule has 1 atom stereocenters. The van der Waals surface area contributed by atoms with E-state index in [1.54, 1.807) is 29.3 Å². The van der Waals surface area contributed by atoms with Crippen LogP contribution in [0.5, 0.6) is 0 Å². The zero-order valence-corrected chi connectivity index (χ0v) is 15.1. The minimum Gasteiger partial charge on any atom is -0.327 e. The summed E-state index contributed by atoms with van der Waals surface area (Å²) in [4.78, 5) is 33.4. The molecule has 2 aliphatic heterocycles. The van der Waals surface area contributed by atoms with Crippen molar-refractivity contribution in [3.8, 4) is 0 Å². The first-order chi connectivity index (χ1) is 13.6. The fourth-order valence-corrected chi connectivity index (χ4v) is 3.59. The predicted octanol–water partition coefficient (Wildman–Crippen LogP) is 2.77. The van der Waals surface area contributed by atoms with Crippen LogP contribution in [-0.4, -0.2) is 39.8 Å². The SMILES string of the molecule is C=CCN1C(=O)NC(c2ccc(F)cc2)C2=C1CN(Cc1ccccn1)C2=O. The molecule has 0 spiro atoms. The standard InChI is InChI=1S/C21H19FN4O2/c1-2-11-26-17-13-25(12-16-5-3-4-10-23-16)20(27)18(17)19(24-21(26)28)14-6-8-15(22)9-7-14/h2-10,19H,1,11-13H2,(H,24,28). The second-order valence-electron chi connectivity index (χ2n) is 6.68. The molecule has 1 unspecified atom stereocenters. The van der Waals surface area contributed by atoms with Gasteiger partial charge in [0.1, 0.15) is 5.82 Å². The third kappa shape index (κ3) is 3.15. The van der Waals surface area contributed by atoms with Crippen LogP contribution in [0.1, 0.15) is 17.3 Å². The van der Waals surface area contributed by atoms with Gasteiger partial charge in [-0.1, -0.05) is 24.3 Å². The molecule has 0 bridgehead atoms. The van der Waals surface area contributed by atoms with Crippen LogP contribution in [-0.2, 0) is 11.3 Å². The number of halogens is 1. The normalized spacial score (nSPS) is 19.0. The van der Waals surface area contributed by atoms with Gasteiger partial charge in [-0.25, -0.2) is 9.18 Å². The maximum Gasteiger partial charge on any atom is 0.322 e. The Morgan fingerprint density at radius 1 is 1.21 bits per heavy atom. The number of aromatic nitrogens is 1. The van der Waals surface area contributed by atoms with Gasteiger partial charge in [0.25, 0.3) is 5.91 Å². The van der Waals surface area contributed by atoms with Crippen molar-refractivity contribution in [3.63, 3.8) is 0 Å². The minimum atomic E-state index is -0.620. The molecule has 7 heteroatoms. The Kier molecular flexibility index (Phi) is 4.65. The van der Waals surface area contributed by atoms with E-state index in [1.165, 1.54) is 17.0 Å². The Morgan fingerprint density at radius 2 is 2.00 bits per heavy atom.